The molecule has 2 aromatic heterocycles. The van der Waals surface area contributed by atoms with E-state index in [0.717, 1.165) is 39.1 Å². The largest absolute Gasteiger partial charge is 0.491 e. The predicted molar refractivity (Wildman–Crippen MR) is 220 cm³/mol. The van der Waals surface area contributed by atoms with Gasteiger partial charge in [0.05, 0.1) is 47.5 Å². The number of nitrogens with zero attached hydrogens (tertiary/aromatic N) is 3. The number of benzene rings is 3. The molecule has 14 nitrogen and oxygen atoms in total. The Labute approximate surface area is 347 Å². The number of rotatable bonds is 22. The highest BCUT2D eigenvalue weighted by atomic mass is 35.5. The molecule has 308 valence electrons. The van der Waals surface area contributed by atoms with Gasteiger partial charge in [-0.25, -0.2) is 0 Å². The van der Waals surface area contributed by atoms with Crippen molar-refractivity contribution in [3.05, 3.63) is 124 Å². The summed E-state index contributed by atoms with van der Waals surface area (Å²) >= 11 is 6.75. The first-order chi connectivity index (χ1) is 28.4. The molecule has 0 saturated carbocycles. The summed E-state index contributed by atoms with van der Waals surface area (Å²) in [5, 5.41) is 53.1. The topological polar surface area (TPSA) is 216 Å². The highest BCUT2D eigenvalue weighted by molar-refractivity contribution is 6.32. The summed E-state index contributed by atoms with van der Waals surface area (Å²) < 4.78 is 18.3. The Morgan fingerprint density at radius 2 is 1.46 bits per heavy atom. The number of nitrogens with one attached hydrogen (secondary N) is 2. The van der Waals surface area contributed by atoms with Crippen LogP contribution in [0.25, 0.3) is 22.4 Å². The maximum Gasteiger partial charge on any atom is 0.306 e. The Bertz CT molecular complexity index is 2270. The van der Waals surface area contributed by atoms with Crippen LogP contribution in [0, 0.1) is 25.2 Å². The van der Waals surface area contributed by atoms with Crippen LogP contribution in [-0.4, -0.2) is 80.8 Å². The molecule has 0 aliphatic rings. The maximum atomic E-state index is 11.0. The molecule has 0 unspecified atom stereocenters. The number of hydrogen-bond donors (Lipinski definition) is 6. The fraction of sp³-hybridized carbons (Fsp3) is 0.295. The number of carbonyl (C=O) groups is 2. The molecule has 0 spiro atoms. The minimum absolute atomic E-state index is 0.0397. The molecule has 0 saturated heterocycles. The fourth-order valence-corrected chi connectivity index (χ4v) is 6.54. The molecular formula is C44H46ClN5O9. The lowest BCUT2D eigenvalue weighted by Crippen LogP contribution is -2.31. The average Bonchev–Trinajstić information content (AvgIpc) is 3.20. The lowest BCUT2D eigenvalue weighted by atomic mass is 9.90. The van der Waals surface area contributed by atoms with Gasteiger partial charge in [0.15, 0.2) is 0 Å². The smallest absolute Gasteiger partial charge is 0.306 e. The summed E-state index contributed by atoms with van der Waals surface area (Å²) in [5.41, 5.74) is 8.54. The number of aliphatic carboxylic acids is 2. The van der Waals surface area contributed by atoms with E-state index in [-0.39, 0.29) is 39.3 Å². The van der Waals surface area contributed by atoms with Crippen LogP contribution in [0.1, 0.15) is 46.2 Å². The normalized spacial score (nSPS) is 12.0. The van der Waals surface area contributed by atoms with E-state index in [1.807, 2.05) is 43.3 Å². The first kappa shape index (κ1) is 44.0. The van der Waals surface area contributed by atoms with Crippen molar-refractivity contribution in [3.8, 4) is 45.7 Å². The highest BCUT2D eigenvalue weighted by Crippen LogP contribution is 2.37. The predicted octanol–water partition coefficient (Wildman–Crippen LogP) is 5.84. The molecular weight excluding hydrogens is 778 g/mol. The Morgan fingerprint density at radius 3 is 2.15 bits per heavy atom. The zero-order valence-corrected chi connectivity index (χ0v) is 33.4. The molecule has 0 aliphatic carbocycles. The molecule has 0 amide bonds. The van der Waals surface area contributed by atoms with Gasteiger partial charge >= 0.3 is 11.9 Å². The molecule has 0 aliphatic heterocycles. The molecule has 59 heavy (non-hydrogen) atoms. The lowest BCUT2D eigenvalue weighted by Gasteiger charge is -2.18. The summed E-state index contributed by atoms with van der Waals surface area (Å²) in [4.78, 5) is 30.5. The number of aliphatic hydroxyl groups is 2. The molecule has 0 bridgehead atoms. The number of ether oxygens (including phenoxy) is 3. The van der Waals surface area contributed by atoms with Gasteiger partial charge in [-0.15, -0.1) is 0 Å². The minimum Gasteiger partial charge on any atom is -0.491 e. The average molecular weight is 824 g/mol. The first-order valence-corrected chi connectivity index (χ1v) is 19.2. The zero-order valence-electron chi connectivity index (χ0n) is 32.7. The Kier molecular flexibility index (Phi) is 16.1. The molecule has 5 aromatic rings. The van der Waals surface area contributed by atoms with Crippen molar-refractivity contribution in [2.75, 3.05) is 26.2 Å². The summed E-state index contributed by atoms with van der Waals surface area (Å²) in [6, 6.07) is 23.0. The van der Waals surface area contributed by atoms with Crippen LogP contribution in [0.3, 0.4) is 0 Å². The van der Waals surface area contributed by atoms with E-state index in [0.29, 0.717) is 52.1 Å². The van der Waals surface area contributed by atoms with Crippen LogP contribution in [0.5, 0.6) is 17.2 Å². The number of aliphatic hydroxyl groups excluding tert-OH is 2. The fourth-order valence-electron chi connectivity index (χ4n) is 6.30. The van der Waals surface area contributed by atoms with Gasteiger partial charge < -0.3 is 45.3 Å². The van der Waals surface area contributed by atoms with Crippen molar-refractivity contribution in [1.29, 1.82) is 5.26 Å². The third-order valence-electron chi connectivity index (χ3n) is 9.34. The quantitative estimate of drug-likeness (QED) is 0.0453. The van der Waals surface area contributed by atoms with E-state index in [1.165, 1.54) is 6.20 Å². The second-order valence-electron chi connectivity index (χ2n) is 13.8. The number of hydrogen-bond acceptors (Lipinski definition) is 12. The molecule has 3 aromatic carbocycles. The molecule has 0 radical (unpaired) electrons. The zero-order chi connectivity index (χ0) is 42.3. The van der Waals surface area contributed by atoms with Crippen molar-refractivity contribution < 1.29 is 44.2 Å². The lowest BCUT2D eigenvalue weighted by molar-refractivity contribution is -0.140. The number of carboxylic acids is 2. The Morgan fingerprint density at radius 1 is 0.780 bits per heavy atom. The van der Waals surface area contributed by atoms with Crippen LogP contribution in [0.2, 0.25) is 5.02 Å². The van der Waals surface area contributed by atoms with E-state index in [1.54, 1.807) is 30.6 Å². The summed E-state index contributed by atoms with van der Waals surface area (Å²) in [6.45, 7) is 5.57. The Balaban J connectivity index is 1.28. The third-order valence-corrected chi connectivity index (χ3v) is 9.64. The van der Waals surface area contributed by atoms with Crippen LogP contribution in [-0.2, 0) is 29.3 Å². The van der Waals surface area contributed by atoms with Crippen molar-refractivity contribution in [1.82, 2.24) is 20.6 Å². The van der Waals surface area contributed by atoms with Crippen molar-refractivity contribution >= 4 is 23.5 Å². The number of nitriles is 1. The standard InChI is InChI=1S/C44H46ClN5O9/c1-27-31(26-59-42-17-41(58-25-30-13-29(18-46)19-48-20-30)32(14-39(42)45)21-49-23-34(52)16-44(55)56)5-3-6-36(27)37-7-4-8-38(28(37)2)40-10-9-35(24-50-40)57-12-11-47-22-33(51)15-43(53)54/h3-10,13-14,17,19-20,24,33-34,47,49,51-52H,11-12,15-16,21-23,25-26H2,1-2H3,(H,53,54)(H,55,56)/t33-,34-/m0/s1. The van der Waals surface area contributed by atoms with Crippen molar-refractivity contribution in [2.45, 2.75) is 58.7 Å². The van der Waals surface area contributed by atoms with E-state index in [4.69, 9.17) is 36.0 Å². The molecule has 2 atom stereocenters. The number of carboxylic acid groups (broad SMARTS) is 2. The molecule has 15 heteroatoms. The highest BCUT2D eigenvalue weighted by Gasteiger charge is 2.17. The summed E-state index contributed by atoms with van der Waals surface area (Å²) in [5.74, 6) is -0.744. The van der Waals surface area contributed by atoms with Crippen LogP contribution in [0.15, 0.2) is 85.3 Å². The van der Waals surface area contributed by atoms with E-state index < -0.39 is 30.6 Å². The van der Waals surface area contributed by atoms with Crippen LogP contribution >= 0.6 is 11.6 Å². The summed E-state index contributed by atoms with van der Waals surface area (Å²) in [7, 11) is 0. The van der Waals surface area contributed by atoms with E-state index >= 15 is 0 Å². The van der Waals surface area contributed by atoms with Gasteiger partial charge in [-0.3, -0.25) is 19.6 Å². The van der Waals surface area contributed by atoms with Gasteiger partial charge in [-0.05, 0) is 65.9 Å². The minimum atomic E-state index is -1.10. The number of halogens is 1. The third kappa shape index (κ3) is 13.0. The second-order valence-corrected chi connectivity index (χ2v) is 14.2. The van der Waals surface area contributed by atoms with Gasteiger partial charge in [0.25, 0.3) is 0 Å². The SMILES string of the molecule is Cc1c(COc2cc(OCc3cncc(C#N)c3)c(CNC[C@@H](O)CC(=O)O)cc2Cl)cccc1-c1cccc(-c2ccc(OCCNC[C@@H](O)CC(=O)O)cn2)c1C. The number of aromatic nitrogens is 2. The van der Waals surface area contributed by atoms with Crippen LogP contribution < -0.4 is 24.8 Å². The van der Waals surface area contributed by atoms with Gasteiger partial charge in [0.1, 0.15) is 43.1 Å². The van der Waals surface area contributed by atoms with E-state index in [9.17, 15) is 25.1 Å². The van der Waals surface area contributed by atoms with Crippen molar-refractivity contribution in [2.24, 2.45) is 0 Å². The number of pyridine rings is 2. The summed E-state index contributed by atoms with van der Waals surface area (Å²) in [6.07, 6.45) is 1.97. The molecule has 2 heterocycles. The molecule has 0 fully saturated rings. The molecule has 6 N–H and O–H groups in total. The van der Waals surface area contributed by atoms with Gasteiger partial charge in [-0.1, -0.05) is 48.0 Å². The van der Waals surface area contributed by atoms with Gasteiger partial charge in [0.2, 0.25) is 0 Å². The van der Waals surface area contributed by atoms with E-state index in [2.05, 4.69) is 45.7 Å². The van der Waals surface area contributed by atoms with Gasteiger partial charge in [-0.2, -0.15) is 5.26 Å². The monoisotopic (exact) mass is 823 g/mol. The maximum absolute atomic E-state index is 11.0. The Hall–Kier alpha value is -6.08. The second kappa shape index (κ2) is 21.6. The van der Waals surface area contributed by atoms with Gasteiger partial charge in [0, 0.05) is 61.3 Å². The van der Waals surface area contributed by atoms with Crippen molar-refractivity contribution in [3.63, 3.8) is 0 Å². The molecule has 5 rings (SSSR count). The van der Waals surface area contributed by atoms with Crippen LogP contribution in [0.4, 0.5) is 0 Å². The first-order valence-electron chi connectivity index (χ1n) is 18.8.